The summed E-state index contributed by atoms with van der Waals surface area (Å²) in [6.45, 7) is 3.29. The zero-order chi connectivity index (χ0) is 20.1. The van der Waals surface area contributed by atoms with Crippen LogP contribution in [0.5, 0.6) is 0 Å². The number of thiophene rings is 1. The van der Waals surface area contributed by atoms with Gasteiger partial charge in [0.1, 0.15) is 12.4 Å². The van der Waals surface area contributed by atoms with E-state index in [1.807, 2.05) is 51.2 Å². The molecule has 1 aromatic carbocycles. The third-order valence-corrected chi connectivity index (χ3v) is 5.87. The van der Waals surface area contributed by atoms with Crippen LogP contribution < -0.4 is 5.32 Å². The first kappa shape index (κ1) is 19.6. The predicted molar refractivity (Wildman–Crippen MR) is 112 cm³/mol. The molecule has 3 heterocycles. The van der Waals surface area contributed by atoms with Gasteiger partial charge in [-0.25, -0.2) is 4.98 Å². The highest BCUT2D eigenvalue weighted by Gasteiger charge is 2.20. The largest absolute Gasteiger partial charge is 0.378 e. The number of carbonyl (C=O) groups is 2. The zero-order valence-corrected chi connectivity index (χ0v) is 17.0. The number of hydrogen-bond acceptors (Lipinski definition) is 5. The van der Waals surface area contributed by atoms with Crippen LogP contribution in [0.15, 0.2) is 41.8 Å². The number of ether oxygens (including phenoxy) is 1. The van der Waals surface area contributed by atoms with Crippen molar-refractivity contribution >= 4 is 34.2 Å². The summed E-state index contributed by atoms with van der Waals surface area (Å²) >= 11 is 1.43. The summed E-state index contributed by atoms with van der Waals surface area (Å²) in [6.07, 6.45) is 1.45. The number of amides is 2. The van der Waals surface area contributed by atoms with E-state index in [0.717, 1.165) is 23.3 Å². The number of carbonyl (C=O) groups excluding carboxylic acids is 2. The molecule has 1 aliphatic heterocycles. The molecule has 7 nitrogen and oxygen atoms in total. The van der Waals surface area contributed by atoms with E-state index in [2.05, 4.69) is 5.32 Å². The minimum absolute atomic E-state index is 0.0454. The number of morpholine rings is 1. The molecule has 3 aromatic rings. The van der Waals surface area contributed by atoms with Gasteiger partial charge in [0.15, 0.2) is 0 Å². The Hall–Kier alpha value is -2.71. The fraction of sp³-hybridized carbons (Fsp3) is 0.381. The Balaban J connectivity index is 1.42. The number of aryl methyl sites for hydroxylation is 1. The molecule has 1 aliphatic rings. The normalized spacial score (nSPS) is 14.3. The average molecular weight is 413 g/mol. The fourth-order valence-corrected chi connectivity index (χ4v) is 4.12. The van der Waals surface area contributed by atoms with Crippen LogP contribution in [-0.2, 0) is 22.5 Å². The zero-order valence-electron chi connectivity index (χ0n) is 16.2. The van der Waals surface area contributed by atoms with Crippen molar-refractivity contribution in [3.05, 3.63) is 52.5 Å². The average Bonchev–Trinajstić information content (AvgIpc) is 3.41. The first-order chi connectivity index (χ1) is 14.2. The number of aromatic nitrogens is 2. The van der Waals surface area contributed by atoms with E-state index >= 15 is 0 Å². The summed E-state index contributed by atoms with van der Waals surface area (Å²) < 4.78 is 7.35. The third kappa shape index (κ3) is 4.65. The molecule has 0 saturated carbocycles. The van der Waals surface area contributed by atoms with Gasteiger partial charge < -0.3 is 19.5 Å². The maximum absolute atomic E-state index is 12.8. The monoisotopic (exact) mass is 412 g/mol. The Morgan fingerprint density at radius 2 is 1.97 bits per heavy atom. The Morgan fingerprint density at radius 1 is 1.14 bits per heavy atom. The van der Waals surface area contributed by atoms with Crippen molar-refractivity contribution in [1.29, 1.82) is 0 Å². The summed E-state index contributed by atoms with van der Waals surface area (Å²) in [5, 5.41) is 4.84. The second-order valence-corrected chi connectivity index (χ2v) is 7.88. The van der Waals surface area contributed by atoms with Crippen molar-refractivity contribution < 1.29 is 14.3 Å². The molecule has 1 saturated heterocycles. The lowest BCUT2D eigenvalue weighted by molar-refractivity contribution is -0.135. The molecule has 2 amide bonds. The first-order valence-corrected chi connectivity index (χ1v) is 10.7. The van der Waals surface area contributed by atoms with Crippen molar-refractivity contribution in [3.63, 3.8) is 0 Å². The molecule has 0 bridgehead atoms. The Morgan fingerprint density at radius 3 is 2.76 bits per heavy atom. The van der Waals surface area contributed by atoms with Gasteiger partial charge in [0.25, 0.3) is 5.91 Å². The third-order valence-electron chi connectivity index (χ3n) is 5.00. The van der Waals surface area contributed by atoms with Gasteiger partial charge in [-0.05, 0) is 30.0 Å². The molecule has 2 aromatic heterocycles. The van der Waals surface area contributed by atoms with Gasteiger partial charge in [-0.1, -0.05) is 18.2 Å². The van der Waals surface area contributed by atoms with Gasteiger partial charge in [0.05, 0.1) is 29.1 Å². The molecule has 0 aliphatic carbocycles. The minimum Gasteiger partial charge on any atom is -0.378 e. The molecule has 1 N–H and O–H groups in total. The molecule has 0 spiro atoms. The van der Waals surface area contributed by atoms with Gasteiger partial charge in [-0.2, -0.15) is 0 Å². The van der Waals surface area contributed by atoms with Crippen molar-refractivity contribution in [3.8, 4) is 0 Å². The van der Waals surface area contributed by atoms with Crippen LogP contribution in [0.4, 0.5) is 0 Å². The highest BCUT2D eigenvalue weighted by molar-refractivity contribution is 7.12. The van der Waals surface area contributed by atoms with Gasteiger partial charge in [-0.3, -0.25) is 9.59 Å². The molecule has 0 radical (unpaired) electrons. The molecule has 29 heavy (non-hydrogen) atoms. The van der Waals surface area contributed by atoms with Crippen LogP contribution in [-0.4, -0.2) is 59.1 Å². The smallest absolute Gasteiger partial charge is 0.261 e. The van der Waals surface area contributed by atoms with Crippen LogP contribution >= 0.6 is 11.3 Å². The second kappa shape index (κ2) is 9.19. The number of fused-ring (bicyclic) bond motifs is 1. The Labute approximate surface area is 173 Å². The molecule has 8 heteroatoms. The minimum atomic E-state index is -0.0454. The highest BCUT2D eigenvalue weighted by atomic mass is 32.1. The van der Waals surface area contributed by atoms with Crippen LogP contribution in [0.2, 0.25) is 0 Å². The number of imidazole rings is 1. The van der Waals surface area contributed by atoms with E-state index < -0.39 is 0 Å². The van der Waals surface area contributed by atoms with E-state index in [0.29, 0.717) is 44.1 Å². The number of rotatable bonds is 7. The summed E-state index contributed by atoms with van der Waals surface area (Å²) in [5.41, 5.74) is 1.85. The summed E-state index contributed by atoms with van der Waals surface area (Å²) in [6, 6.07) is 11.6. The number of para-hydroxylation sites is 2. The maximum atomic E-state index is 12.8. The van der Waals surface area contributed by atoms with Crippen molar-refractivity contribution in [2.45, 2.75) is 19.4 Å². The number of nitrogens with zero attached hydrogens (tertiary/aromatic N) is 3. The summed E-state index contributed by atoms with van der Waals surface area (Å²) in [7, 11) is 0. The predicted octanol–water partition coefficient (Wildman–Crippen LogP) is 2.32. The van der Waals surface area contributed by atoms with Crippen molar-refractivity contribution in [1.82, 2.24) is 19.8 Å². The van der Waals surface area contributed by atoms with Crippen LogP contribution in [0.25, 0.3) is 11.0 Å². The molecule has 4 rings (SSSR count). The topological polar surface area (TPSA) is 76.5 Å². The summed E-state index contributed by atoms with van der Waals surface area (Å²) in [5.74, 6) is 0.915. The number of hydrogen-bond donors (Lipinski definition) is 1. The molecular weight excluding hydrogens is 388 g/mol. The van der Waals surface area contributed by atoms with Crippen LogP contribution in [0, 0.1) is 0 Å². The first-order valence-electron chi connectivity index (χ1n) is 9.84. The lowest BCUT2D eigenvalue weighted by Gasteiger charge is -2.27. The van der Waals surface area contributed by atoms with E-state index in [9.17, 15) is 9.59 Å². The van der Waals surface area contributed by atoms with Gasteiger partial charge in [0, 0.05) is 26.1 Å². The number of nitrogens with one attached hydrogen (secondary N) is 1. The highest BCUT2D eigenvalue weighted by Crippen LogP contribution is 2.18. The van der Waals surface area contributed by atoms with E-state index in [1.54, 1.807) is 0 Å². The maximum Gasteiger partial charge on any atom is 0.261 e. The van der Waals surface area contributed by atoms with Crippen LogP contribution in [0.1, 0.15) is 21.9 Å². The number of benzene rings is 1. The lowest BCUT2D eigenvalue weighted by atomic mass is 10.2. The van der Waals surface area contributed by atoms with Crippen LogP contribution in [0.3, 0.4) is 0 Å². The molecule has 0 unspecified atom stereocenters. The van der Waals surface area contributed by atoms with Crippen molar-refractivity contribution in [2.24, 2.45) is 0 Å². The van der Waals surface area contributed by atoms with Gasteiger partial charge >= 0.3 is 0 Å². The van der Waals surface area contributed by atoms with Gasteiger partial charge in [0.2, 0.25) is 5.91 Å². The molecule has 0 atom stereocenters. The fourth-order valence-electron chi connectivity index (χ4n) is 3.48. The Bertz CT molecular complexity index is 977. The molecule has 1 fully saturated rings. The van der Waals surface area contributed by atoms with Crippen molar-refractivity contribution in [2.75, 3.05) is 32.8 Å². The van der Waals surface area contributed by atoms with E-state index in [4.69, 9.17) is 9.72 Å². The quantitative estimate of drug-likeness (QED) is 0.604. The SMILES string of the molecule is O=C(NCCCc1nc2ccccc2n1CC(=O)N1CCOCC1)c1cccs1. The standard InChI is InChI=1S/C21H24N4O3S/c26-20(24-10-12-28-13-11-24)15-25-17-6-2-1-5-16(17)23-19(25)8-3-9-22-21(27)18-7-4-14-29-18/h1-2,4-7,14H,3,8-13,15H2,(H,22,27). The molecular formula is C21H24N4O3S. The summed E-state index contributed by atoms with van der Waals surface area (Å²) in [4.78, 5) is 32.1. The lowest BCUT2D eigenvalue weighted by Crippen LogP contribution is -2.42. The van der Waals surface area contributed by atoms with Gasteiger partial charge in [-0.15, -0.1) is 11.3 Å². The second-order valence-electron chi connectivity index (χ2n) is 6.93. The van der Waals surface area contributed by atoms with E-state index in [1.165, 1.54) is 11.3 Å². The van der Waals surface area contributed by atoms with E-state index in [-0.39, 0.29) is 18.4 Å². The molecule has 152 valence electrons. The Kier molecular flexibility index (Phi) is 6.21.